The highest BCUT2D eigenvalue weighted by Gasteiger charge is 2.42. The van der Waals surface area contributed by atoms with E-state index in [2.05, 4.69) is 0 Å². The lowest BCUT2D eigenvalue weighted by Gasteiger charge is -2.34. The number of benzene rings is 2. The molecule has 3 rings (SSSR count). The summed E-state index contributed by atoms with van der Waals surface area (Å²) in [5, 5.41) is 21.3. The predicted molar refractivity (Wildman–Crippen MR) is 119 cm³/mol. The van der Waals surface area contributed by atoms with Crippen LogP contribution in [0.25, 0.3) is 0 Å². The van der Waals surface area contributed by atoms with Crippen molar-refractivity contribution in [2.45, 2.75) is 44.8 Å². The van der Waals surface area contributed by atoms with Crippen molar-refractivity contribution in [1.82, 2.24) is 4.90 Å². The Morgan fingerprint density at radius 1 is 1.00 bits per heavy atom. The van der Waals surface area contributed by atoms with E-state index in [1.54, 1.807) is 47.4 Å². The van der Waals surface area contributed by atoms with Gasteiger partial charge in [-0.05, 0) is 57.2 Å². The molecule has 1 saturated heterocycles. The van der Waals surface area contributed by atoms with Gasteiger partial charge in [-0.1, -0.05) is 42.5 Å². The number of likely N-dealkylation sites (tertiary alicyclic amines) is 1. The third kappa shape index (κ3) is 5.59. The van der Waals surface area contributed by atoms with Crippen LogP contribution in [0.15, 0.2) is 54.6 Å². The molecule has 1 atom stereocenters. The summed E-state index contributed by atoms with van der Waals surface area (Å²) in [5.41, 5.74) is -2.00. The molecule has 0 aliphatic carbocycles. The second-order valence-electron chi connectivity index (χ2n) is 9.14. The molecule has 2 N–H and O–H groups in total. The minimum Gasteiger partial charge on any atom is -0.508 e. The largest absolute Gasteiger partial charge is 0.508 e. The minimum absolute atomic E-state index is 0.0563. The van der Waals surface area contributed by atoms with Crippen molar-refractivity contribution in [1.29, 1.82) is 0 Å². The molecule has 2 aromatic rings. The number of carbonyl (C=O) groups excluding carboxylic acids is 2. The molecular weight excluding hydrogens is 410 g/mol. The monoisotopic (exact) mass is 441 g/mol. The van der Waals surface area contributed by atoms with Crippen molar-refractivity contribution >= 4 is 12.1 Å². The molecule has 0 bridgehead atoms. The van der Waals surface area contributed by atoms with Crippen LogP contribution in [0.3, 0.4) is 0 Å². The fourth-order valence-corrected chi connectivity index (χ4v) is 3.72. The van der Waals surface area contributed by atoms with Crippen LogP contribution in [-0.2, 0) is 19.9 Å². The van der Waals surface area contributed by atoms with E-state index < -0.39 is 17.2 Å². The van der Waals surface area contributed by atoms with Gasteiger partial charge in [-0.2, -0.15) is 0 Å². The summed E-state index contributed by atoms with van der Waals surface area (Å²) < 4.78 is 11.0. The number of hydrogen-bond acceptors (Lipinski definition) is 6. The van der Waals surface area contributed by atoms with E-state index in [0.717, 1.165) is 0 Å². The number of esters is 1. The first-order valence-electron chi connectivity index (χ1n) is 10.8. The minimum atomic E-state index is -2.04. The van der Waals surface area contributed by atoms with Crippen molar-refractivity contribution < 1.29 is 29.3 Å². The molecule has 172 valence electrons. The van der Waals surface area contributed by atoms with Gasteiger partial charge >= 0.3 is 12.1 Å². The molecule has 32 heavy (non-hydrogen) atoms. The first-order valence-corrected chi connectivity index (χ1v) is 10.8. The third-order valence-corrected chi connectivity index (χ3v) is 5.47. The highest BCUT2D eigenvalue weighted by Crippen LogP contribution is 2.33. The van der Waals surface area contributed by atoms with Gasteiger partial charge in [0.15, 0.2) is 0 Å². The number of piperidine rings is 1. The lowest BCUT2D eigenvalue weighted by molar-refractivity contribution is -0.164. The summed E-state index contributed by atoms with van der Waals surface area (Å²) in [7, 11) is 0. The molecule has 1 amide bonds. The summed E-state index contributed by atoms with van der Waals surface area (Å²) in [4.78, 5) is 27.0. The molecule has 1 aliphatic heterocycles. The number of phenolic OH excluding ortho intramolecular Hbond substituents is 1. The molecule has 7 heteroatoms. The average Bonchev–Trinajstić information content (AvgIpc) is 2.76. The average molecular weight is 442 g/mol. The molecule has 1 fully saturated rings. The summed E-state index contributed by atoms with van der Waals surface area (Å²) in [6.07, 6.45) is 1.00. The molecule has 1 aliphatic rings. The third-order valence-electron chi connectivity index (χ3n) is 5.47. The Kier molecular flexibility index (Phi) is 7.09. The maximum Gasteiger partial charge on any atom is 0.410 e. The molecule has 0 radical (unpaired) electrons. The van der Waals surface area contributed by atoms with Crippen LogP contribution < -0.4 is 0 Å². The van der Waals surface area contributed by atoms with Gasteiger partial charge in [0.25, 0.3) is 0 Å². The van der Waals surface area contributed by atoms with Crippen LogP contribution in [-0.4, -0.2) is 52.5 Å². The Balaban J connectivity index is 1.65. The van der Waals surface area contributed by atoms with E-state index in [-0.39, 0.29) is 29.9 Å². The zero-order valence-corrected chi connectivity index (χ0v) is 18.8. The van der Waals surface area contributed by atoms with E-state index in [1.807, 2.05) is 20.8 Å². The van der Waals surface area contributed by atoms with Crippen LogP contribution in [0.5, 0.6) is 5.75 Å². The van der Waals surface area contributed by atoms with Gasteiger partial charge in [-0.15, -0.1) is 0 Å². The highest BCUT2D eigenvalue weighted by molar-refractivity contribution is 5.85. The molecule has 1 unspecified atom stereocenters. The molecule has 0 saturated carbocycles. The predicted octanol–water partition coefficient (Wildman–Crippen LogP) is 3.82. The zero-order chi connectivity index (χ0) is 23.4. The Morgan fingerprint density at radius 2 is 1.62 bits per heavy atom. The van der Waals surface area contributed by atoms with Crippen molar-refractivity contribution in [3.8, 4) is 5.75 Å². The zero-order valence-electron chi connectivity index (χ0n) is 18.8. The fraction of sp³-hybridized carbons (Fsp3) is 0.440. The van der Waals surface area contributed by atoms with Gasteiger partial charge in [0.05, 0.1) is 6.61 Å². The van der Waals surface area contributed by atoms with Gasteiger partial charge in [-0.3, -0.25) is 0 Å². The van der Waals surface area contributed by atoms with Crippen LogP contribution in [0, 0.1) is 5.92 Å². The number of hydrogen-bond donors (Lipinski definition) is 2. The summed E-state index contributed by atoms with van der Waals surface area (Å²) >= 11 is 0. The Hall–Kier alpha value is -3.06. The maximum atomic E-state index is 13.1. The number of ether oxygens (including phenoxy) is 2. The number of carbonyl (C=O) groups is 2. The van der Waals surface area contributed by atoms with Gasteiger partial charge in [-0.25, -0.2) is 9.59 Å². The van der Waals surface area contributed by atoms with Crippen molar-refractivity contribution in [2.24, 2.45) is 5.92 Å². The molecule has 0 spiro atoms. The number of rotatable bonds is 5. The summed E-state index contributed by atoms with van der Waals surface area (Å²) in [6, 6.07) is 14.5. The second-order valence-corrected chi connectivity index (χ2v) is 9.14. The molecule has 1 heterocycles. The van der Waals surface area contributed by atoms with Crippen LogP contribution in [0.4, 0.5) is 4.79 Å². The molecule has 2 aromatic carbocycles. The maximum absolute atomic E-state index is 13.1. The van der Waals surface area contributed by atoms with Crippen LogP contribution in [0.1, 0.15) is 44.7 Å². The summed E-state index contributed by atoms with van der Waals surface area (Å²) in [6.45, 7) is 6.67. The van der Waals surface area contributed by atoms with Gasteiger partial charge in [0.1, 0.15) is 11.4 Å². The van der Waals surface area contributed by atoms with Crippen LogP contribution >= 0.6 is 0 Å². The lowest BCUT2D eigenvalue weighted by atomic mass is 9.86. The highest BCUT2D eigenvalue weighted by atomic mass is 16.6. The van der Waals surface area contributed by atoms with E-state index in [9.17, 15) is 19.8 Å². The van der Waals surface area contributed by atoms with Gasteiger partial charge in [0.2, 0.25) is 5.60 Å². The quantitative estimate of drug-likeness (QED) is 0.685. The Morgan fingerprint density at radius 3 is 2.22 bits per heavy atom. The Labute approximate surface area is 188 Å². The molecular formula is C25H31NO6. The molecule has 0 aromatic heterocycles. The normalized spacial score (nSPS) is 16.8. The van der Waals surface area contributed by atoms with E-state index in [4.69, 9.17) is 9.47 Å². The number of aliphatic hydroxyl groups is 1. The topological polar surface area (TPSA) is 96.3 Å². The first-order chi connectivity index (χ1) is 15.1. The number of phenols is 1. The van der Waals surface area contributed by atoms with Crippen LogP contribution in [0.2, 0.25) is 0 Å². The number of nitrogens with zero attached hydrogens (tertiary/aromatic N) is 1. The van der Waals surface area contributed by atoms with E-state index in [0.29, 0.717) is 31.5 Å². The SMILES string of the molecule is CC(C)(C)OC(=O)N1CCC(COC(=O)C(O)(c2ccccc2)c2cccc(O)c2)CC1. The summed E-state index contributed by atoms with van der Waals surface area (Å²) in [5.74, 6) is -0.787. The van der Waals surface area contributed by atoms with Crippen molar-refractivity contribution in [3.63, 3.8) is 0 Å². The first kappa shape index (κ1) is 23.6. The molecule has 7 nitrogen and oxygen atoms in total. The second kappa shape index (κ2) is 9.61. The van der Waals surface area contributed by atoms with E-state index in [1.165, 1.54) is 12.1 Å². The fourth-order valence-electron chi connectivity index (χ4n) is 3.72. The standard InChI is InChI=1S/C25H31NO6/c1-24(2,3)32-23(29)26-14-12-18(13-15-26)17-31-22(28)25(30,19-8-5-4-6-9-19)20-10-7-11-21(27)16-20/h4-11,16,18,27,30H,12-15,17H2,1-3H3. The van der Waals surface area contributed by atoms with Gasteiger partial charge < -0.3 is 24.6 Å². The van der Waals surface area contributed by atoms with E-state index >= 15 is 0 Å². The smallest absolute Gasteiger partial charge is 0.410 e. The number of aromatic hydroxyl groups is 1. The van der Waals surface area contributed by atoms with Gasteiger partial charge in [0, 0.05) is 18.7 Å². The van der Waals surface area contributed by atoms with Crippen molar-refractivity contribution in [3.05, 3.63) is 65.7 Å². The van der Waals surface area contributed by atoms with Crippen molar-refractivity contribution in [2.75, 3.05) is 19.7 Å². The Bertz CT molecular complexity index is 931. The lowest BCUT2D eigenvalue weighted by Crippen LogP contribution is -2.43. The number of amides is 1.